The Kier molecular flexibility index (Phi) is 1.99. The van der Waals surface area contributed by atoms with Crippen molar-refractivity contribution in [3.05, 3.63) is 30.5 Å². The lowest BCUT2D eigenvalue weighted by atomic mass is 10.2. The number of nitrogens with zero attached hydrogens (tertiary/aromatic N) is 2. The summed E-state index contributed by atoms with van der Waals surface area (Å²) in [5.41, 5.74) is 7.17. The van der Waals surface area contributed by atoms with Crippen LogP contribution in [0.4, 0.5) is 0 Å². The van der Waals surface area contributed by atoms with Crippen molar-refractivity contribution in [3.8, 4) is 0 Å². The van der Waals surface area contributed by atoms with Gasteiger partial charge in [0.25, 0.3) is 0 Å². The summed E-state index contributed by atoms with van der Waals surface area (Å²) in [6, 6.07) is 9.21. The van der Waals surface area contributed by atoms with Gasteiger partial charge in [0.1, 0.15) is 0 Å². The van der Waals surface area contributed by atoms with E-state index in [9.17, 15) is 0 Å². The summed E-state index contributed by atoms with van der Waals surface area (Å²) in [6.45, 7) is 0. The molecule has 3 heteroatoms. The fourth-order valence-corrected chi connectivity index (χ4v) is 2.50. The Labute approximate surface area is 88.9 Å². The highest BCUT2D eigenvalue weighted by molar-refractivity contribution is 5.78. The van der Waals surface area contributed by atoms with Crippen LogP contribution >= 0.6 is 0 Å². The zero-order valence-corrected chi connectivity index (χ0v) is 8.63. The molecule has 15 heavy (non-hydrogen) atoms. The topological polar surface area (TPSA) is 43.8 Å². The molecule has 0 radical (unpaired) electrons. The third-order valence-electron chi connectivity index (χ3n) is 3.30. The predicted octanol–water partition coefficient (Wildman–Crippen LogP) is 2.09. The summed E-state index contributed by atoms with van der Waals surface area (Å²) >= 11 is 0. The Hall–Kier alpha value is -1.35. The van der Waals surface area contributed by atoms with Gasteiger partial charge < -0.3 is 5.73 Å². The minimum atomic E-state index is 0.359. The summed E-state index contributed by atoms with van der Waals surface area (Å²) < 4.78 is 2.14. The molecule has 0 amide bonds. The maximum atomic E-state index is 5.93. The highest BCUT2D eigenvalue weighted by Crippen LogP contribution is 2.30. The van der Waals surface area contributed by atoms with Crippen LogP contribution < -0.4 is 5.73 Å². The van der Waals surface area contributed by atoms with Gasteiger partial charge >= 0.3 is 0 Å². The van der Waals surface area contributed by atoms with Crippen LogP contribution in [-0.4, -0.2) is 15.8 Å². The number of nitrogens with two attached hydrogens (primary N) is 1. The predicted molar refractivity (Wildman–Crippen MR) is 60.6 cm³/mol. The van der Waals surface area contributed by atoms with Crippen LogP contribution in [-0.2, 0) is 0 Å². The van der Waals surface area contributed by atoms with Gasteiger partial charge in [0, 0.05) is 11.4 Å². The van der Waals surface area contributed by atoms with E-state index < -0.39 is 0 Å². The molecule has 1 aromatic heterocycles. The smallest absolute Gasteiger partial charge is 0.0685 e. The van der Waals surface area contributed by atoms with Crippen LogP contribution in [0.2, 0.25) is 0 Å². The summed E-state index contributed by atoms with van der Waals surface area (Å²) in [7, 11) is 0. The number of hydrogen-bond donors (Lipinski definition) is 1. The van der Waals surface area contributed by atoms with E-state index in [1.54, 1.807) is 0 Å². The fourth-order valence-electron chi connectivity index (χ4n) is 2.50. The standard InChI is InChI=1S/C12H15N3/c13-10-5-6-11(7-10)15-12-4-2-1-3-9(12)8-14-15/h1-4,8,10-11H,5-7,13H2. The molecule has 2 atom stereocenters. The van der Waals surface area contributed by atoms with E-state index in [4.69, 9.17) is 5.73 Å². The Bertz CT molecular complexity index is 474. The van der Waals surface area contributed by atoms with Gasteiger partial charge in [0.05, 0.1) is 17.8 Å². The normalized spacial score (nSPS) is 26.2. The van der Waals surface area contributed by atoms with Crippen molar-refractivity contribution in [2.24, 2.45) is 5.73 Å². The van der Waals surface area contributed by atoms with Crippen molar-refractivity contribution in [1.29, 1.82) is 0 Å². The molecular formula is C12H15N3. The molecule has 0 aliphatic heterocycles. The van der Waals surface area contributed by atoms with Crippen LogP contribution in [0.15, 0.2) is 30.5 Å². The Morgan fingerprint density at radius 2 is 2.13 bits per heavy atom. The van der Waals surface area contributed by atoms with Gasteiger partial charge in [-0.15, -0.1) is 0 Å². The Morgan fingerprint density at radius 3 is 2.93 bits per heavy atom. The molecule has 1 aromatic carbocycles. The number of rotatable bonds is 1. The summed E-state index contributed by atoms with van der Waals surface area (Å²) in [6.07, 6.45) is 5.29. The molecule has 0 spiro atoms. The second-order valence-electron chi connectivity index (χ2n) is 4.37. The maximum absolute atomic E-state index is 5.93. The summed E-state index contributed by atoms with van der Waals surface area (Å²) in [5, 5.41) is 5.69. The number of hydrogen-bond acceptors (Lipinski definition) is 2. The van der Waals surface area contributed by atoms with Gasteiger partial charge in [-0.3, -0.25) is 4.68 Å². The van der Waals surface area contributed by atoms with Crippen LogP contribution in [0.5, 0.6) is 0 Å². The second kappa shape index (κ2) is 3.35. The van der Waals surface area contributed by atoms with E-state index in [0.29, 0.717) is 12.1 Å². The first-order valence-electron chi connectivity index (χ1n) is 5.52. The molecule has 1 fully saturated rings. The number of fused-ring (bicyclic) bond motifs is 1. The lowest BCUT2D eigenvalue weighted by Gasteiger charge is -2.11. The van der Waals surface area contributed by atoms with Gasteiger partial charge in [0.2, 0.25) is 0 Å². The van der Waals surface area contributed by atoms with E-state index >= 15 is 0 Å². The van der Waals surface area contributed by atoms with Crippen molar-refractivity contribution >= 4 is 10.9 Å². The summed E-state index contributed by atoms with van der Waals surface area (Å²) in [5.74, 6) is 0. The lowest BCUT2D eigenvalue weighted by molar-refractivity contribution is 0.475. The van der Waals surface area contributed by atoms with E-state index in [2.05, 4.69) is 34.0 Å². The SMILES string of the molecule is NC1CCC(n2ncc3ccccc32)C1. The minimum absolute atomic E-state index is 0.359. The van der Waals surface area contributed by atoms with E-state index in [0.717, 1.165) is 19.3 Å². The van der Waals surface area contributed by atoms with Gasteiger partial charge in [0.15, 0.2) is 0 Å². The lowest BCUT2D eigenvalue weighted by Crippen LogP contribution is -2.16. The molecule has 1 aliphatic carbocycles. The van der Waals surface area contributed by atoms with Crippen molar-refractivity contribution in [1.82, 2.24) is 9.78 Å². The van der Waals surface area contributed by atoms with Crippen LogP contribution in [0, 0.1) is 0 Å². The molecule has 3 nitrogen and oxygen atoms in total. The average molecular weight is 201 g/mol. The molecule has 2 unspecified atom stereocenters. The first kappa shape index (κ1) is 8.92. The zero-order valence-electron chi connectivity index (χ0n) is 8.63. The molecule has 2 N–H and O–H groups in total. The summed E-state index contributed by atoms with van der Waals surface area (Å²) in [4.78, 5) is 0. The molecule has 1 heterocycles. The first-order valence-corrected chi connectivity index (χ1v) is 5.52. The third-order valence-corrected chi connectivity index (χ3v) is 3.30. The average Bonchev–Trinajstić information content (AvgIpc) is 2.83. The van der Waals surface area contributed by atoms with Gasteiger partial charge in [-0.25, -0.2) is 0 Å². The maximum Gasteiger partial charge on any atom is 0.0685 e. The quantitative estimate of drug-likeness (QED) is 0.767. The molecular weight excluding hydrogens is 186 g/mol. The molecule has 0 saturated heterocycles. The monoisotopic (exact) mass is 201 g/mol. The molecule has 0 bridgehead atoms. The van der Waals surface area contributed by atoms with Crippen molar-refractivity contribution < 1.29 is 0 Å². The van der Waals surface area contributed by atoms with Gasteiger partial charge in [-0.05, 0) is 25.3 Å². The zero-order chi connectivity index (χ0) is 10.3. The first-order chi connectivity index (χ1) is 7.34. The number of benzene rings is 1. The molecule has 2 aromatic rings. The highest BCUT2D eigenvalue weighted by Gasteiger charge is 2.24. The molecule has 1 saturated carbocycles. The van der Waals surface area contributed by atoms with E-state index in [-0.39, 0.29) is 0 Å². The molecule has 78 valence electrons. The van der Waals surface area contributed by atoms with Crippen molar-refractivity contribution in [3.63, 3.8) is 0 Å². The molecule has 1 aliphatic rings. The Morgan fingerprint density at radius 1 is 1.27 bits per heavy atom. The Balaban J connectivity index is 2.04. The fraction of sp³-hybridized carbons (Fsp3) is 0.417. The van der Waals surface area contributed by atoms with Crippen LogP contribution in [0.1, 0.15) is 25.3 Å². The van der Waals surface area contributed by atoms with Gasteiger partial charge in [-0.2, -0.15) is 5.10 Å². The largest absolute Gasteiger partial charge is 0.328 e. The molecule has 3 rings (SSSR count). The van der Waals surface area contributed by atoms with Crippen LogP contribution in [0.3, 0.4) is 0 Å². The van der Waals surface area contributed by atoms with Crippen LogP contribution in [0.25, 0.3) is 10.9 Å². The van der Waals surface area contributed by atoms with Gasteiger partial charge in [-0.1, -0.05) is 18.2 Å². The van der Waals surface area contributed by atoms with E-state index in [1.165, 1.54) is 10.9 Å². The number of aromatic nitrogens is 2. The highest BCUT2D eigenvalue weighted by atomic mass is 15.3. The minimum Gasteiger partial charge on any atom is -0.328 e. The van der Waals surface area contributed by atoms with Crippen molar-refractivity contribution in [2.45, 2.75) is 31.3 Å². The van der Waals surface area contributed by atoms with Crippen molar-refractivity contribution in [2.75, 3.05) is 0 Å². The second-order valence-corrected chi connectivity index (χ2v) is 4.37. The number of para-hydroxylation sites is 1. The third kappa shape index (κ3) is 1.43. The van der Waals surface area contributed by atoms with E-state index in [1.807, 2.05) is 6.20 Å².